The second-order valence-electron chi connectivity index (χ2n) is 4.13. The molecule has 1 aliphatic heterocycles. The van der Waals surface area contributed by atoms with Gasteiger partial charge in [0.2, 0.25) is 5.91 Å². The van der Waals surface area contributed by atoms with E-state index >= 15 is 0 Å². The molecule has 0 atom stereocenters. The van der Waals surface area contributed by atoms with Gasteiger partial charge in [0.1, 0.15) is 0 Å². The Kier molecular flexibility index (Phi) is 4.08. The van der Waals surface area contributed by atoms with Gasteiger partial charge in [0.15, 0.2) is 0 Å². The minimum absolute atomic E-state index is 0.0381. The molecule has 0 saturated carbocycles. The van der Waals surface area contributed by atoms with Crippen molar-refractivity contribution >= 4 is 11.9 Å². The minimum Gasteiger partial charge on any atom is -0.480 e. The molecule has 0 aliphatic carbocycles. The van der Waals surface area contributed by atoms with Crippen molar-refractivity contribution in [3.8, 4) is 0 Å². The fraction of sp³-hybridized carbons (Fsp3) is 0.800. The van der Waals surface area contributed by atoms with E-state index in [1.807, 2.05) is 13.8 Å². The van der Waals surface area contributed by atoms with E-state index in [9.17, 15) is 9.59 Å². The van der Waals surface area contributed by atoms with Crippen molar-refractivity contribution in [1.82, 2.24) is 9.80 Å². The third kappa shape index (κ3) is 3.51. The van der Waals surface area contributed by atoms with Crippen molar-refractivity contribution in [3.63, 3.8) is 0 Å². The lowest BCUT2D eigenvalue weighted by Gasteiger charge is -2.34. The molecule has 0 aromatic carbocycles. The number of amides is 1. The molecule has 0 aromatic rings. The SMILES string of the molecule is CC(C)N(CC(=O)O)CC(=O)N1CCC1. The van der Waals surface area contributed by atoms with Crippen LogP contribution in [0, 0.1) is 0 Å². The van der Waals surface area contributed by atoms with Gasteiger partial charge >= 0.3 is 5.97 Å². The van der Waals surface area contributed by atoms with E-state index in [1.54, 1.807) is 9.80 Å². The average molecular weight is 214 g/mol. The molecule has 1 rings (SSSR count). The Morgan fingerprint density at radius 2 is 1.93 bits per heavy atom. The van der Waals surface area contributed by atoms with Crippen LogP contribution < -0.4 is 0 Å². The van der Waals surface area contributed by atoms with Gasteiger partial charge in [-0.25, -0.2) is 0 Å². The van der Waals surface area contributed by atoms with Crippen LogP contribution in [0.2, 0.25) is 0 Å². The van der Waals surface area contributed by atoms with E-state index in [2.05, 4.69) is 0 Å². The second-order valence-corrected chi connectivity index (χ2v) is 4.13. The lowest BCUT2D eigenvalue weighted by molar-refractivity contribution is -0.141. The summed E-state index contributed by atoms with van der Waals surface area (Å²) in [6, 6.07) is 0.0753. The van der Waals surface area contributed by atoms with Crippen molar-refractivity contribution in [3.05, 3.63) is 0 Å². The number of aliphatic carboxylic acids is 1. The third-order valence-electron chi connectivity index (χ3n) is 2.62. The summed E-state index contributed by atoms with van der Waals surface area (Å²) in [5.74, 6) is -0.851. The number of carbonyl (C=O) groups excluding carboxylic acids is 1. The average Bonchev–Trinajstić information content (AvgIpc) is 1.98. The minimum atomic E-state index is -0.889. The summed E-state index contributed by atoms with van der Waals surface area (Å²) in [5, 5.41) is 8.69. The lowest BCUT2D eigenvalue weighted by Crippen LogP contribution is -2.49. The molecule has 0 bridgehead atoms. The molecule has 1 N–H and O–H groups in total. The van der Waals surface area contributed by atoms with Gasteiger partial charge in [-0.1, -0.05) is 0 Å². The first-order valence-corrected chi connectivity index (χ1v) is 5.24. The van der Waals surface area contributed by atoms with Crippen molar-refractivity contribution in [2.75, 3.05) is 26.2 Å². The van der Waals surface area contributed by atoms with Crippen LogP contribution in [0.15, 0.2) is 0 Å². The van der Waals surface area contributed by atoms with Crippen molar-refractivity contribution in [2.45, 2.75) is 26.3 Å². The van der Waals surface area contributed by atoms with Gasteiger partial charge in [-0.05, 0) is 20.3 Å². The fourth-order valence-electron chi connectivity index (χ4n) is 1.43. The Balaban J connectivity index is 2.42. The monoisotopic (exact) mass is 214 g/mol. The summed E-state index contributed by atoms with van der Waals surface area (Å²) >= 11 is 0. The van der Waals surface area contributed by atoms with E-state index in [4.69, 9.17) is 5.11 Å². The number of hydrogen-bond donors (Lipinski definition) is 1. The Morgan fingerprint density at radius 1 is 1.33 bits per heavy atom. The Labute approximate surface area is 89.7 Å². The van der Waals surface area contributed by atoms with E-state index in [1.165, 1.54) is 0 Å². The van der Waals surface area contributed by atoms with Crippen LogP contribution in [-0.4, -0.2) is 59.0 Å². The highest BCUT2D eigenvalue weighted by Gasteiger charge is 2.24. The predicted octanol–water partition coefficient (Wildman–Crippen LogP) is 0.0137. The molecule has 86 valence electrons. The Morgan fingerprint density at radius 3 is 2.27 bits per heavy atom. The zero-order valence-corrected chi connectivity index (χ0v) is 9.27. The molecule has 15 heavy (non-hydrogen) atoms. The first-order chi connectivity index (χ1) is 7.00. The van der Waals surface area contributed by atoms with Gasteiger partial charge in [0.25, 0.3) is 0 Å². The van der Waals surface area contributed by atoms with Crippen LogP contribution in [0.5, 0.6) is 0 Å². The molecule has 0 unspecified atom stereocenters. The Hall–Kier alpha value is -1.10. The largest absolute Gasteiger partial charge is 0.480 e. The summed E-state index contributed by atoms with van der Waals surface area (Å²) in [7, 11) is 0. The molecule has 5 nitrogen and oxygen atoms in total. The maximum Gasteiger partial charge on any atom is 0.317 e. The first-order valence-electron chi connectivity index (χ1n) is 5.24. The topological polar surface area (TPSA) is 60.9 Å². The van der Waals surface area contributed by atoms with Crippen molar-refractivity contribution < 1.29 is 14.7 Å². The number of hydrogen-bond acceptors (Lipinski definition) is 3. The summed E-state index contributed by atoms with van der Waals surface area (Å²) in [6.45, 7) is 5.57. The number of carboxylic acid groups (broad SMARTS) is 1. The van der Waals surface area contributed by atoms with E-state index in [-0.39, 0.29) is 25.0 Å². The number of nitrogens with zero attached hydrogens (tertiary/aromatic N) is 2. The van der Waals surface area contributed by atoms with Crippen LogP contribution in [0.4, 0.5) is 0 Å². The van der Waals surface area contributed by atoms with Gasteiger partial charge in [0.05, 0.1) is 13.1 Å². The number of carboxylic acids is 1. The van der Waals surface area contributed by atoms with Gasteiger partial charge < -0.3 is 10.0 Å². The van der Waals surface area contributed by atoms with Gasteiger partial charge in [0, 0.05) is 19.1 Å². The first kappa shape index (κ1) is 12.0. The molecule has 0 spiro atoms. The quantitative estimate of drug-likeness (QED) is 0.700. The van der Waals surface area contributed by atoms with Crippen LogP contribution in [0.25, 0.3) is 0 Å². The summed E-state index contributed by atoms with van der Waals surface area (Å²) in [4.78, 5) is 25.6. The van der Waals surface area contributed by atoms with E-state index in [0.717, 1.165) is 19.5 Å². The van der Waals surface area contributed by atoms with Crippen LogP contribution in [0.3, 0.4) is 0 Å². The molecular weight excluding hydrogens is 196 g/mol. The van der Waals surface area contributed by atoms with Gasteiger partial charge in [-0.2, -0.15) is 0 Å². The Bertz CT molecular complexity index is 249. The molecule has 1 aliphatic rings. The zero-order chi connectivity index (χ0) is 11.4. The third-order valence-corrected chi connectivity index (χ3v) is 2.62. The number of carbonyl (C=O) groups is 2. The maximum atomic E-state index is 11.6. The van der Waals surface area contributed by atoms with Crippen LogP contribution >= 0.6 is 0 Å². The highest BCUT2D eigenvalue weighted by molar-refractivity contribution is 5.79. The molecule has 1 saturated heterocycles. The molecule has 0 radical (unpaired) electrons. The van der Waals surface area contributed by atoms with Crippen LogP contribution in [-0.2, 0) is 9.59 Å². The highest BCUT2D eigenvalue weighted by Crippen LogP contribution is 2.07. The predicted molar refractivity (Wildman–Crippen MR) is 55.5 cm³/mol. The van der Waals surface area contributed by atoms with Crippen LogP contribution in [0.1, 0.15) is 20.3 Å². The molecule has 1 amide bonds. The summed E-state index contributed by atoms with van der Waals surface area (Å²) in [6.07, 6.45) is 1.06. The van der Waals surface area contributed by atoms with E-state index in [0.29, 0.717) is 0 Å². The highest BCUT2D eigenvalue weighted by atomic mass is 16.4. The molecule has 0 aromatic heterocycles. The van der Waals surface area contributed by atoms with Crippen molar-refractivity contribution in [2.24, 2.45) is 0 Å². The van der Waals surface area contributed by atoms with E-state index < -0.39 is 5.97 Å². The fourth-order valence-corrected chi connectivity index (χ4v) is 1.43. The zero-order valence-electron chi connectivity index (χ0n) is 9.27. The standard InChI is InChI=1S/C10H18N2O3/c1-8(2)12(7-10(14)15)6-9(13)11-4-3-5-11/h8H,3-7H2,1-2H3,(H,14,15). The number of likely N-dealkylation sites (tertiary alicyclic amines) is 1. The summed E-state index contributed by atoms with van der Waals surface area (Å²) < 4.78 is 0. The maximum absolute atomic E-state index is 11.6. The van der Waals surface area contributed by atoms with Gasteiger partial charge in [-0.15, -0.1) is 0 Å². The number of rotatable bonds is 5. The van der Waals surface area contributed by atoms with Crippen molar-refractivity contribution in [1.29, 1.82) is 0 Å². The normalized spacial score (nSPS) is 15.6. The molecule has 1 heterocycles. The molecule has 1 fully saturated rings. The smallest absolute Gasteiger partial charge is 0.317 e. The van der Waals surface area contributed by atoms with Gasteiger partial charge in [-0.3, -0.25) is 14.5 Å². The molecule has 5 heteroatoms. The second kappa shape index (κ2) is 5.11. The lowest BCUT2D eigenvalue weighted by atomic mass is 10.2. The molecular formula is C10H18N2O3. The summed E-state index contributed by atoms with van der Waals surface area (Å²) in [5.41, 5.74) is 0.